The topological polar surface area (TPSA) is 53.5 Å². The van der Waals surface area contributed by atoms with Crippen molar-refractivity contribution in [1.82, 2.24) is 9.97 Å². The summed E-state index contributed by atoms with van der Waals surface area (Å²) >= 11 is 1.58. The predicted molar refractivity (Wildman–Crippen MR) is 95.1 cm³/mol. The maximum absolute atomic E-state index is 5.45. The Kier molecular flexibility index (Phi) is 4.96. The SMILES string of the molecule is CCOc1cc(-c2nc(-c3ccc(OC)c(OC)c3)cs2)ccn1. The highest BCUT2D eigenvalue weighted by molar-refractivity contribution is 7.13. The quantitative estimate of drug-likeness (QED) is 0.669. The summed E-state index contributed by atoms with van der Waals surface area (Å²) in [6, 6.07) is 9.61. The molecule has 24 heavy (non-hydrogen) atoms. The van der Waals surface area contributed by atoms with Crippen LogP contribution in [-0.2, 0) is 0 Å². The minimum Gasteiger partial charge on any atom is -0.493 e. The second-order valence-corrected chi connectivity index (χ2v) is 5.78. The van der Waals surface area contributed by atoms with E-state index in [1.807, 2.05) is 42.6 Å². The number of pyridine rings is 1. The van der Waals surface area contributed by atoms with E-state index in [2.05, 4.69) is 4.98 Å². The first kappa shape index (κ1) is 16.3. The molecule has 2 aromatic heterocycles. The van der Waals surface area contributed by atoms with Gasteiger partial charge in [-0.15, -0.1) is 11.3 Å². The Bertz CT molecular complexity index is 833. The van der Waals surface area contributed by atoms with Crippen molar-refractivity contribution >= 4 is 11.3 Å². The summed E-state index contributed by atoms with van der Waals surface area (Å²) in [5.41, 5.74) is 2.87. The zero-order chi connectivity index (χ0) is 16.9. The number of hydrogen-bond acceptors (Lipinski definition) is 6. The molecule has 0 spiro atoms. The van der Waals surface area contributed by atoms with Crippen LogP contribution in [0.25, 0.3) is 21.8 Å². The molecule has 6 heteroatoms. The molecule has 0 aliphatic rings. The number of rotatable bonds is 6. The Morgan fingerprint density at radius 1 is 1.00 bits per heavy atom. The molecule has 1 aromatic carbocycles. The first-order valence-corrected chi connectivity index (χ1v) is 8.40. The van der Waals surface area contributed by atoms with Crippen molar-refractivity contribution in [1.29, 1.82) is 0 Å². The van der Waals surface area contributed by atoms with Gasteiger partial charge in [-0.3, -0.25) is 0 Å². The predicted octanol–water partition coefficient (Wildman–Crippen LogP) is 4.29. The number of ether oxygens (including phenoxy) is 3. The van der Waals surface area contributed by atoms with Gasteiger partial charge in [-0.2, -0.15) is 0 Å². The zero-order valence-corrected chi connectivity index (χ0v) is 14.6. The number of nitrogens with zero attached hydrogens (tertiary/aromatic N) is 2. The van der Waals surface area contributed by atoms with E-state index < -0.39 is 0 Å². The van der Waals surface area contributed by atoms with E-state index in [1.165, 1.54) is 0 Å². The summed E-state index contributed by atoms with van der Waals surface area (Å²) in [6.07, 6.45) is 1.73. The highest BCUT2D eigenvalue weighted by Gasteiger charge is 2.11. The molecule has 0 radical (unpaired) electrons. The third-order valence-corrected chi connectivity index (χ3v) is 4.35. The summed E-state index contributed by atoms with van der Waals surface area (Å²) in [5.74, 6) is 2.00. The fraction of sp³-hybridized carbons (Fsp3) is 0.222. The Balaban J connectivity index is 1.92. The van der Waals surface area contributed by atoms with Gasteiger partial charge in [0, 0.05) is 28.8 Å². The van der Waals surface area contributed by atoms with Crippen molar-refractivity contribution in [2.24, 2.45) is 0 Å². The van der Waals surface area contributed by atoms with E-state index in [0.717, 1.165) is 21.8 Å². The molecule has 0 bridgehead atoms. The van der Waals surface area contributed by atoms with Crippen LogP contribution >= 0.6 is 11.3 Å². The molecule has 0 amide bonds. The molecule has 124 valence electrons. The second kappa shape index (κ2) is 7.31. The lowest BCUT2D eigenvalue weighted by atomic mass is 10.1. The third kappa shape index (κ3) is 3.33. The van der Waals surface area contributed by atoms with Gasteiger partial charge in [-0.25, -0.2) is 9.97 Å². The van der Waals surface area contributed by atoms with E-state index in [4.69, 9.17) is 19.2 Å². The minimum atomic E-state index is 0.589. The second-order valence-electron chi connectivity index (χ2n) is 4.92. The lowest BCUT2D eigenvalue weighted by Gasteiger charge is -2.08. The van der Waals surface area contributed by atoms with Crippen molar-refractivity contribution in [2.45, 2.75) is 6.92 Å². The molecule has 0 saturated heterocycles. The molecule has 0 aliphatic carbocycles. The summed E-state index contributed by atoms with van der Waals surface area (Å²) in [6.45, 7) is 2.53. The van der Waals surface area contributed by atoms with Crippen LogP contribution in [0.2, 0.25) is 0 Å². The fourth-order valence-electron chi connectivity index (χ4n) is 2.30. The number of thiazole rings is 1. The molecule has 0 fully saturated rings. The number of methoxy groups -OCH3 is 2. The zero-order valence-electron chi connectivity index (χ0n) is 13.8. The Labute approximate surface area is 144 Å². The molecule has 3 aromatic rings. The molecule has 5 nitrogen and oxygen atoms in total. The van der Waals surface area contributed by atoms with Crippen LogP contribution < -0.4 is 14.2 Å². The molecular weight excluding hydrogens is 324 g/mol. The summed E-state index contributed by atoms with van der Waals surface area (Å²) < 4.78 is 16.1. The maximum atomic E-state index is 5.45. The highest BCUT2D eigenvalue weighted by atomic mass is 32.1. The lowest BCUT2D eigenvalue weighted by molar-refractivity contribution is 0.327. The maximum Gasteiger partial charge on any atom is 0.213 e. The van der Waals surface area contributed by atoms with Crippen LogP contribution in [0.15, 0.2) is 41.9 Å². The highest BCUT2D eigenvalue weighted by Crippen LogP contribution is 2.34. The largest absolute Gasteiger partial charge is 0.493 e. The van der Waals surface area contributed by atoms with Crippen LogP contribution in [0.4, 0.5) is 0 Å². The van der Waals surface area contributed by atoms with Crippen LogP contribution in [-0.4, -0.2) is 30.8 Å². The molecular formula is C18H18N2O3S. The molecule has 0 aliphatic heterocycles. The van der Waals surface area contributed by atoms with Crippen molar-refractivity contribution < 1.29 is 14.2 Å². The van der Waals surface area contributed by atoms with Crippen molar-refractivity contribution in [3.63, 3.8) is 0 Å². The van der Waals surface area contributed by atoms with Gasteiger partial charge in [0.2, 0.25) is 5.88 Å². The Morgan fingerprint density at radius 3 is 2.58 bits per heavy atom. The molecule has 0 atom stereocenters. The van der Waals surface area contributed by atoms with Gasteiger partial charge >= 0.3 is 0 Å². The first-order chi connectivity index (χ1) is 11.7. The Hall–Kier alpha value is -2.60. The standard InChI is InChI=1S/C18H18N2O3S/c1-4-23-17-10-13(7-8-19-17)18-20-14(11-24-18)12-5-6-15(21-2)16(9-12)22-3/h5-11H,4H2,1-3H3. The van der Waals surface area contributed by atoms with Crippen LogP contribution in [0.5, 0.6) is 17.4 Å². The van der Waals surface area contributed by atoms with Crippen LogP contribution in [0.3, 0.4) is 0 Å². The fourth-order valence-corrected chi connectivity index (χ4v) is 3.13. The number of benzene rings is 1. The van der Waals surface area contributed by atoms with Gasteiger partial charge in [-0.05, 0) is 31.2 Å². The van der Waals surface area contributed by atoms with Crippen LogP contribution in [0, 0.1) is 0 Å². The van der Waals surface area contributed by atoms with Gasteiger partial charge in [0.25, 0.3) is 0 Å². The summed E-state index contributed by atoms with van der Waals surface area (Å²) in [4.78, 5) is 8.91. The minimum absolute atomic E-state index is 0.589. The van der Waals surface area contributed by atoms with Gasteiger partial charge in [-0.1, -0.05) is 0 Å². The van der Waals surface area contributed by atoms with E-state index in [9.17, 15) is 0 Å². The Morgan fingerprint density at radius 2 is 1.83 bits per heavy atom. The average Bonchev–Trinajstić information content (AvgIpc) is 3.12. The monoisotopic (exact) mass is 342 g/mol. The van der Waals surface area contributed by atoms with Gasteiger partial charge in [0.15, 0.2) is 11.5 Å². The van der Waals surface area contributed by atoms with Gasteiger partial charge in [0.1, 0.15) is 5.01 Å². The van der Waals surface area contributed by atoms with Crippen molar-refractivity contribution in [2.75, 3.05) is 20.8 Å². The van der Waals surface area contributed by atoms with Crippen LogP contribution in [0.1, 0.15) is 6.92 Å². The molecule has 2 heterocycles. The van der Waals surface area contributed by atoms with Gasteiger partial charge in [0.05, 0.1) is 26.5 Å². The molecule has 3 rings (SSSR count). The summed E-state index contributed by atoms with van der Waals surface area (Å²) in [7, 11) is 3.25. The number of aromatic nitrogens is 2. The first-order valence-electron chi connectivity index (χ1n) is 7.52. The average molecular weight is 342 g/mol. The summed E-state index contributed by atoms with van der Waals surface area (Å²) in [5, 5.41) is 2.94. The van der Waals surface area contributed by atoms with E-state index in [0.29, 0.717) is 24.0 Å². The molecule has 0 N–H and O–H groups in total. The number of hydrogen-bond donors (Lipinski definition) is 0. The molecule has 0 unspecified atom stereocenters. The van der Waals surface area contributed by atoms with Gasteiger partial charge < -0.3 is 14.2 Å². The normalized spacial score (nSPS) is 10.5. The molecule has 0 saturated carbocycles. The smallest absolute Gasteiger partial charge is 0.213 e. The van der Waals surface area contributed by atoms with E-state index >= 15 is 0 Å². The van der Waals surface area contributed by atoms with E-state index in [1.54, 1.807) is 31.8 Å². The lowest BCUT2D eigenvalue weighted by Crippen LogP contribution is -1.94. The van der Waals surface area contributed by atoms with E-state index in [-0.39, 0.29) is 0 Å². The van der Waals surface area contributed by atoms with Crippen molar-refractivity contribution in [3.05, 3.63) is 41.9 Å². The third-order valence-electron chi connectivity index (χ3n) is 3.46. The van der Waals surface area contributed by atoms with Crippen molar-refractivity contribution in [3.8, 4) is 39.2 Å².